The third-order valence-electron chi connectivity index (χ3n) is 5.46. The van der Waals surface area contributed by atoms with Gasteiger partial charge in [-0.1, -0.05) is 79.1 Å². The summed E-state index contributed by atoms with van der Waals surface area (Å²) in [5.74, 6) is 3.76. The summed E-state index contributed by atoms with van der Waals surface area (Å²) in [5.41, 5.74) is 0. The highest BCUT2D eigenvalue weighted by Gasteiger charge is 2.28. The summed E-state index contributed by atoms with van der Waals surface area (Å²) in [5, 5.41) is 3.73. The van der Waals surface area contributed by atoms with E-state index >= 15 is 0 Å². The van der Waals surface area contributed by atoms with Crippen LogP contribution in [-0.4, -0.2) is 13.1 Å². The Bertz CT molecular complexity index is 236. The maximum Gasteiger partial charge on any atom is -0.00178 e. The van der Waals surface area contributed by atoms with Crippen LogP contribution in [0.25, 0.3) is 0 Å². The van der Waals surface area contributed by atoms with Crippen LogP contribution in [0, 0.1) is 23.7 Å². The first-order valence-electron chi connectivity index (χ1n) is 9.88. The molecule has 0 aromatic heterocycles. The van der Waals surface area contributed by atoms with Crippen molar-refractivity contribution in [3.63, 3.8) is 0 Å². The molecule has 1 aliphatic rings. The molecule has 1 heteroatoms. The highest BCUT2D eigenvalue weighted by molar-refractivity contribution is 4.81. The summed E-state index contributed by atoms with van der Waals surface area (Å²) in [7, 11) is 0. The zero-order chi connectivity index (χ0) is 15.5. The average molecular weight is 296 g/mol. The summed E-state index contributed by atoms with van der Waals surface area (Å²) in [6.07, 6.45) is 14.6. The van der Waals surface area contributed by atoms with E-state index in [0.29, 0.717) is 0 Å². The van der Waals surface area contributed by atoms with Gasteiger partial charge in [-0.2, -0.15) is 0 Å². The summed E-state index contributed by atoms with van der Waals surface area (Å²) >= 11 is 0. The van der Waals surface area contributed by atoms with Crippen LogP contribution in [-0.2, 0) is 0 Å². The molecule has 0 aliphatic heterocycles. The Morgan fingerprint density at radius 3 is 2.38 bits per heavy atom. The first-order valence-corrected chi connectivity index (χ1v) is 9.88. The lowest BCUT2D eigenvalue weighted by molar-refractivity contribution is 0.159. The summed E-state index contributed by atoms with van der Waals surface area (Å²) < 4.78 is 0. The van der Waals surface area contributed by atoms with Crippen molar-refractivity contribution in [1.29, 1.82) is 0 Å². The van der Waals surface area contributed by atoms with E-state index in [-0.39, 0.29) is 0 Å². The van der Waals surface area contributed by atoms with E-state index in [1.807, 2.05) is 0 Å². The molecule has 1 saturated carbocycles. The Hall–Kier alpha value is -0.0400. The van der Waals surface area contributed by atoms with Crippen LogP contribution in [0.1, 0.15) is 91.9 Å². The third kappa shape index (κ3) is 8.24. The van der Waals surface area contributed by atoms with Crippen LogP contribution in [0.4, 0.5) is 0 Å². The van der Waals surface area contributed by atoms with Crippen molar-refractivity contribution in [2.75, 3.05) is 13.1 Å². The molecule has 3 unspecified atom stereocenters. The van der Waals surface area contributed by atoms with Gasteiger partial charge >= 0.3 is 0 Å². The van der Waals surface area contributed by atoms with Crippen LogP contribution in [0.3, 0.4) is 0 Å². The quantitative estimate of drug-likeness (QED) is 0.458. The molecule has 0 radical (unpaired) electrons. The van der Waals surface area contributed by atoms with Gasteiger partial charge in [0.1, 0.15) is 0 Å². The van der Waals surface area contributed by atoms with Gasteiger partial charge < -0.3 is 5.32 Å². The normalized spacial score (nSPS) is 26.4. The van der Waals surface area contributed by atoms with E-state index in [4.69, 9.17) is 0 Å². The fourth-order valence-corrected chi connectivity index (χ4v) is 3.98. The zero-order valence-corrected chi connectivity index (χ0v) is 15.3. The Morgan fingerprint density at radius 2 is 1.71 bits per heavy atom. The van der Waals surface area contributed by atoms with Crippen LogP contribution < -0.4 is 5.32 Å². The molecule has 0 amide bonds. The smallest absolute Gasteiger partial charge is 0.00178 e. The van der Waals surface area contributed by atoms with Crippen LogP contribution >= 0.6 is 0 Å². The Morgan fingerprint density at radius 1 is 0.952 bits per heavy atom. The molecule has 1 aliphatic carbocycles. The van der Waals surface area contributed by atoms with Crippen LogP contribution in [0.15, 0.2) is 0 Å². The van der Waals surface area contributed by atoms with Gasteiger partial charge in [-0.25, -0.2) is 0 Å². The molecule has 126 valence electrons. The minimum Gasteiger partial charge on any atom is -0.316 e. The van der Waals surface area contributed by atoms with Gasteiger partial charge in [-0.3, -0.25) is 0 Å². The van der Waals surface area contributed by atoms with Crippen LogP contribution in [0.5, 0.6) is 0 Å². The summed E-state index contributed by atoms with van der Waals surface area (Å²) in [6, 6.07) is 0. The number of hydrogen-bond donors (Lipinski definition) is 1. The zero-order valence-electron chi connectivity index (χ0n) is 15.3. The molecule has 21 heavy (non-hydrogen) atoms. The van der Waals surface area contributed by atoms with Crippen molar-refractivity contribution in [2.45, 2.75) is 91.9 Å². The lowest BCUT2D eigenvalue weighted by atomic mass is 9.71. The van der Waals surface area contributed by atoms with Crippen molar-refractivity contribution < 1.29 is 0 Å². The topological polar surface area (TPSA) is 12.0 Å². The highest BCUT2D eigenvalue weighted by atomic mass is 14.9. The monoisotopic (exact) mass is 295 g/mol. The van der Waals surface area contributed by atoms with Crippen molar-refractivity contribution in [3.05, 3.63) is 0 Å². The second kappa shape index (κ2) is 11.5. The minimum absolute atomic E-state index is 0.782. The largest absolute Gasteiger partial charge is 0.316 e. The third-order valence-corrected chi connectivity index (χ3v) is 5.46. The second-order valence-electron chi connectivity index (χ2n) is 7.86. The van der Waals surface area contributed by atoms with Crippen molar-refractivity contribution >= 4 is 0 Å². The van der Waals surface area contributed by atoms with Crippen molar-refractivity contribution in [1.82, 2.24) is 5.32 Å². The SMILES string of the molecule is CCCCCCCC1CC(CC)CCC1CNCC(C)C. The Balaban J connectivity index is 2.31. The van der Waals surface area contributed by atoms with Gasteiger partial charge in [-0.15, -0.1) is 0 Å². The first-order chi connectivity index (χ1) is 10.2. The van der Waals surface area contributed by atoms with Crippen molar-refractivity contribution in [3.8, 4) is 0 Å². The molecule has 3 atom stereocenters. The predicted octanol–water partition coefficient (Wildman–Crippen LogP) is 6.04. The first kappa shape index (κ1) is 19.0. The van der Waals surface area contributed by atoms with Gasteiger partial charge in [0.05, 0.1) is 0 Å². The van der Waals surface area contributed by atoms with E-state index < -0.39 is 0 Å². The Kier molecular flexibility index (Phi) is 10.4. The van der Waals surface area contributed by atoms with E-state index in [1.54, 1.807) is 0 Å². The van der Waals surface area contributed by atoms with Gasteiger partial charge in [0.2, 0.25) is 0 Å². The number of nitrogens with one attached hydrogen (secondary N) is 1. The van der Waals surface area contributed by atoms with E-state index in [0.717, 1.165) is 23.7 Å². The number of rotatable bonds is 11. The molecule has 0 saturated heterocycles. The molecule has 1 fully saturated rings. The van der Waals surface area contributed by atoms with Crippen LogP contribution in [0.2, 0.25) is 0 Å². The van der Waals surface area contributed by atoms with E-state index in [2.05, 4.69) is 33.0 Å². The maximum atomic E-state index is 3.73. The molecule has 0 spiro atoms. The average Bonchev–Trinajstić information content (AvgIpc) is 2.47. The molecule has 1 nitrogen and oxygen atoms in total. The van der Waals surface area contributed by atoms with Crippen molar-refractivity contribution in [2.24, 2.45) is 23.7 Å². The van der Waals surface area contributed by atoms with Gasteiger partial charge in [-0.05, 0) is 49.6 Å². The molecular formula is C20H41N. The standard InChI is InChI=1S/C20H41N/c1-5-7-8-9-10-11-19-14-18(6-2)12-13-20(19)16-21-15-17(3)4/h17-21H,5-16H2,1-4H3. The van der Waals surface area contributed by atoms with Gasteiger partial charge in [0.15, 0.2) is 0 Å². The molecule has 0 heterocycles. The second-order valence-corrected chi connectivity index (χ2v) is 7.86. The minimum atomic E-state index is 0.782. The molecular weight excluding hydrogens is 254 g/mol. The molecule has 0 bridgehead atoms. The summed E-state index contributed by atoms with van der Waals surface area (Å²) in [6.45, 7) is 11.8. The summed E-state index contributed by atoms with van der Waals surface area (Å²) in [4.78, 5) is 0. The van der Waals surface area contributed by atoms with E-state index in [9.17, 15) is 0 Å². The number of unbranched alkanes of at least 4 members (excludes halogenated alkanes) is 4. The highest BCUT2D eigenvalue weighted by Crippen LogP contribution is 2.38. The molecule has 0 aromatic rings. The van der Waals surface area contributed by atoms with Gasteiger partial charge in [0.25, 0.3) is 0 Å². The predicted molar refractivity (Wildman–Crippen MR) is 95.7 cm³/mol. The number of hydrogen-bond acceptors (Lipinski definition) is 1. The molecule has 1 rings (SSSR count). The van der Waals surface area contributed by atoms with E-state index in [1.165, 1.54) is 77.3 Å². The molecule has 0 aromatic carbocycles. The fourth-order valence-electron chi connectivity index (χ4n) is 3.98. The molecule has 1 N–H and O–H groups in total. The lowest BCUT2D eigenvalue weighted by Crippen LogP contribution is -2.34. The Labute approximate surface area is 134 Å². The lowest BCUT2D eigenvalue weighted by Gasteiger charge is -2.36. The van der Waals surface area contributed by atoms with Gasteiger partial charge in [0, 0.05) is 0 Å². The maximum absolute atomic E-state index is 3.73. The fraction of sp³-hybridized carbons (Fsp3) is 1.00.